The summed E-state index contributed by atoms with van der Waals surface area (Å²) in [5, 5.41) is 20.3. The van der Waals surface area contributed by atoms with Crippen molar-refractivity contribution in [3.8, 4) is 0 Å². The maximum atomic E-state index is 12.1. The van der Waals surface area contributed by atoms with Gasteiger partial charge in [0.2, 0.25) is 5.91 Å². The van der Waals surface area contributed by atoms with E-state index in [1.54, 1.807) is 0 Å². The minimum atomic E-state index is -0.413. The van der Waals surface area contributed by atoms with E-state index in [1.807, 2.05) is 48.2 Å². The fourth-order valence-electron chi connectivity index (χ4n) is 3.17. The summed E-state index contributed by atoms with van der Waals surface area (Å²) < 4.78 is 0. The van der Waals surface area contributed by atoms with Gasteiger partial charge >= 0.3 is 0 Å². The molecule has 128 valence electrons. The van der Waals surface area contributed by atoms with Crippen LogP contribution in [0.2, 0.25) is 0 Å². The number of hydrogen-bond acceptors (Lipinski definition) is 4. The first-order valence-electron chi connectivity index (χ1n) is 8.32. The first-order valence-corrected chi connectivity index (χ1v) is 8.32. The number of aliphatic hydroxyl groups is 1. The fourth-order valence-corrected chi connectivity index (χ4v) is 3.17. The molecule has 0 spiro atoms. The summed E-state index contributed by atoms with van der Waals surface area (Å²) in [5.74, 6) is 0.108. The topological polar surface area (TPSA) is 81.2 Å². The lowest BCUT2D eigenvalue weighted by atomic mass is 10.0. The molecule has 3 N–H and O–H groups in total. The van der Waals surface area contributed by atoms with Crippen LogP contribution in [0.4, 0.5) is 0 Å². The Labute approximate surface area is 141 Å². The summed E-state index contributed by atoms with van der Waals surface area (Å²) in [6.07, 6.45) is 0.317. The first kappa shape index (κ1) is 16.7. The van der Waals surface area contributed by atoms with Gasteiger partial charge in [-0.05, 0) is 25.0 Å². The zero-order chi connectivity index (χ0) is 16.9. The van der Waals surface area contributed by atoms with Gasteiger partial charge in [-0.15, -0.1) is 0 Å². The molecule has 3 rings (SSSR count). The Morgan fingerprint density at radius 1 is 1.38 bits per heavy atom. The third-order valence-electron chi connectivity index (χ3n) is 4.41. The molecule has 6 nitrogen and oxygen atoms in total. The van der Waals surface area contributed by atoms with Crippen LogP contribution in [-0.2, 0) is 17.8 Å². The maximum Gasteiger partial charge on any atom is 0.234 e. The van der Waals surface area contributed by atoms with E-state index >= 15 is 0 Å². The number of amides is 1. The molecule has 6 heteroatoms. The molecule has 2 atom stereocenters. The molecule has 1 aliphatic heterocycles. The van der Waals surface area contributed by atoms with Gasteiger partial charge < -0.3 is 10.4 Å². The number of rotatable bonds is 6. The van der Waals surface area contributed by atoms with E-state index in [0.717, 1.165) is 23.4 Å². The van der Waals surface area contributed by atoms with E-state index in [-0.39, 0.29) is 11.8 Å². The highest BCUT2D eigenvalue weighted by molar-refractivity contribution is 5.78. The number of benzene rings is 1. The highest BCUT2D eigenvalue weighted by atomic mass is 16.3. The Morgan fingerprint density at radius 2 is 2.17 bits per heavy atom. The Morgan fingerprint density at radius 3 is 2.88 bits per heavy atom. The zero-order valence-electron chi connectivity index (χ0n) is 13.9. The molecule has 0 radical (unpaired) electrons. The van der Waals surface area contributed by atoms with E-state index in [1.165, 1.54) is 0 Å². The first-order chi connectivity index (χ1) is 11.6. The van der Waals surface area contributed by atoms with Crippen LogP contribution in [0.5, 0.6) is 0 Å². The van der Waals surface area contributed by atoms with Crippen molar-refractivity contribution in [1.29, 1.82) is 0 Å². The Kier molecular flexibility index (Phi) is 5.27. The molecule has 2 heterocycles. The predicted octanol–water partition coefficient (Wildman–Crippen LogP) is 0.870. The summed E-state index contributed by atoms with van der Waals surface area (Å²) in [7, 11) is 0. The van der Waals surface area contributed by atoms with Crippen LogP contribution in [-0.4, -0.2) is 51.8 Å². The van der Waals surface area contributed by atoms with Gasteiger partial charge in [0.25, 0.3) is 0 Å². The molecular formula is C18H24N4O2. The Balaban J connectivity index is 1.45. The quantitative estimate of drug-likeness (QED) is 0.735. The van der Waals surface area contributed by atoms with Gasteiger partial charge in [-0.3, -0.25) is 14.8 Å². The lowest BCUT2D eigenvalue weighted by Gasteiger charge is -2.15. The number of carbonyl (C=O) groups is 1. The second-order valence-corrected chi connectivity index (χ2v) is 6.53. The van der Waals surface area contributed by atoms with Crippen molar-refractivity contribution in [1.82, 2.24) is 20.4 Å². The highest BCUT2D eigenvalue weighted by Crippen LogP contribution is 2.20. The summed E-state index contributed by atoms with van der Waals surface area (Å²) in [5.41, 5.74) is 3.07. The van der Waals surface area contributed by atoms with Crippen LogP contribution in [0, 0.1) is 12.8 Å². The van der Waals surface area contributed by atoms with Crippen LogP contribution in [0.25, 0.3) is 0 Å². The summed E-state index contributed by atoms with van der Waals surface area (Å²) in [6.45, 7) is 4.07. The van der Waals surface area contributed by atoms with E-state index in [9.17, 15) is 9.90 Å². The van der Waals surface area contributed by atoms with E-state index in [2.05, 4.69) is 15.5 Å². The molecule has 1 aromatic carbocycles. The second-order valence-electron chi connectivity index (χ2n) is 6.53. The van der Waals surface area contributed by atoms with Gasteiger partial charge in [-0.1, -0.05) is 30.3 Å². The van der Waals surface area contributed by atoms with E-state index in [0.29, 0.717) is 26.2 Å². The summed E-state index contributed by atoms with van der Waals surface area (Å²) in [4.78, 5) is 14.1. The number of H-pyrrole nitrogens is 1. The average molecular weight is 328 g/mol. The smallest absolute Gasteiger partial charge is 0.234 e. The number of aliphatic hydroxyl groups excluding tert-OH is 1. The number of hydrogen-bond donors (Lipinski definition) is 3. The highest BCUT2D eigenvalue weighted by Gasteiger charge is 2.32. The molecule has 0 unspecified atom stereocenters. The lowest BCUT2D eigenvalue weighted by molar-refractivity contribution is -0.122. The van der Waals surface area contributed by atoms with Crippen LogP contribution < -0.4 is 5.32 Å². The normalized spacial score (nSPS) is 21.1. The SMILES string of the molecule is Cc1cc(C[C@@H]2CN(CC(=O)NCc3ccccc3)C[C@H]2O)n[nH]1. The Hall–Kier alpha value is -2.18. The van der Waals surface area contributed by atoms with Crippen molar-refractivity contribution in [2.24, 2.45) is 5.92 Å². The number of nitrogens with zero attached hydrogens (tertiary/aromatic N) is 2. The average Bonchev–Trinajstić information content (AvgIpc) is 3.12. The number of carbonyl (C=O) groups excluding carboxylic acids is 1. The molecule has 2 aromatic rings. The zero-order valence-corrected chi connectivity index (χ0v) is 13.9. The minimum absolute atomic E-state index is 0.0117. The third kappa shape index (κ3) is 4.43. The molecule has 1 aliphatic rings. The van der Waals surface area contributed by atoms with Gasteiger partial charge in [0.1, 0.15) is 0 Å². The number of β-amino-alcohol motifs (C(OH)–C–C–N with tert-alkyl or cyclic N) is 1. The number of aryl methyl sites for hydroxylation is 1. The molecule has 1 saturated heterocycles. The molecule has 1 amide bonds. The van der Waals surface area contributed by atoms with Gasteiger partial charge in [0.05, 0.1) is 18.3 Å². The molecule has 24 heavy (non-hydrogen) atoms. The van der Waals surface area contributed by atoms with Gasteiger partial charge in [-0.2, -0.15) is 5.10 Å². The van der Waals surface area contributed by atoms with Crippen LogP contribution in [0.15, 0.2) is 36.4 Å². The predicted molar refractivity (Wildman–Crippen MR) is 91.3 cm³/mol. The minimum Gasteiger partial charge on any atom is -0.391 e. The number of likely N-dealkylation sites (tertiary alicyclic amines) is 1. The molecular weight excluding hydrogens is 304 g/mol. The lowest BCUT2D eigenvalue weighted by Crippen LogP contribution is -2.36. The van der Waals surface area contributed by atoms with Crippen molar-refractivity contribution in [3.63, 3.8) is 0 Å². The van der Waals surface area contributed by atoms with Crippen molar-refractivity contribution in [2.75, 3.05) is 19.6 Å². The van der Waals surface area contributed by atoms with E-state index in [4.69, 9.17) is 0 Å². The number of aromatic amines is 1. The van der Waals surface area contributed by atoms with Crippen molar-refractivity contribution >= 4 is 5.91 Å². The van der Waals surface area contributed by atoms with Gasteiger partial charge in [0.15, 0.2) is 0 Å². The fraction of sp³-hybridized carbons (Fsp3) is 0.444. The second kappa shape index (κ2) is 7.59. The summed E-state index contributed by atoms with van der Waals surface area (Å²) in [6, 6.07) is 11.8. The van der Waals surface area contributed by atoms with Crippen LogP contribution in [0.3, 0.4) is 0 Å². The molecule has 0 saturated carbocycles. The molecule has 1 fully saturated rings. The number of nitrogens with one attached hydrogen (secondary N) is 2. The molecule has 0 aliphatic carbocycles. The van der Waals surface area contributed by atoms with E-state index < -0.39 is 6.10 Å². The standard InChI is InChI=1S/C18H24N4O2/c1-13-7-16(21-20-13)8-15-10-22(11-17(15)23)12-18(24)19-9-14-5-3-2-4-6-14/h2-7,15,17,23H,8-12H2,1H3,(H,19,24)(H,20,21)/t15-,17-/m1/s1. The number of aromatic nitrogens is 2. The van der Waals surface area contributed by atoms with Crippen molar-refractivity contribution in [3.05, 3.63) is 53.3 Å². The molecule has 0 bridgehead atoms. The van der Waals surface area contributed by atoms with Crippen molar-refractivity contribution < 1.29 is 9.90 Å². The van der Waals surface area contributed by atoms with Crippen LogP contribution >= 0.6 is 0 Å². The largest absolute Gasteiger partial charge is 0.391 e. The monoisotopic (exact) mass is 328 g/mol. The van der Waals surface area contributed by atoms with Crippen molar-refractivity contribution in [2.45, 2.75) is 26.0 Å². The van der Waals surface area contributed by atoms with Crippen LogP contribution in [0.1, 0.15) is 17.0 Å². The maximum absolute atomic E-state index is 12.1. The third-order valence-corrected chi connectivity index (χ3v) is 4.41. The van der Waals surface area contributed by atoms with Gasteiger partial charge in [-0.25, -0.2) is 0 Å². The molecule has 1 aromatic heterocycles. The van der Waals surface area contributed by atoms with Gasteiger partial charge in [0, 0.05) is 31.2 Å². The Bertz CT molecular complexity index is 671. The summed E-state index contributed by atoms with van der Waals surface area (Å²) >= 11 is 0.